The minimum absolute atomic E-state index is 0.0162. The van der Waals surface area contributed by atoms with Crippen molar-refractivity contribution in [1.29, 1.82) is 0 Å². The van der Waals surface area contributed by atoms with Gasteiger partial charge in [0.15, 0.2) is 0 Å². The molecule has 1 amide bonds. The third-order valence-corrected chi connectivity index (χ3v) is 3.91. The molecule has 1 aromatic rings. The van der Waals surface area contributed by atoms with Crippen LogP contribution in [0.15, 0.2) is 12.3 Å². The van der Waals surface area contributed by atoms with Gasteiger partial charge in [0.05, 0.1) is 10.6 Å². The first kappa shape index (κ1) is 14.1. The van der Waals surface area contributed by atoms with Crippen LogP contribution < -0.4 is 5.32 Å². The van der Waals surface area contributed by atoms with Crippen LogP contribution in [0.1, 0.15) is 36.5 Å². The standard InChI is InChI=1S/C14H20ClN3O/c1-3-4-10-5-6-18(9-10)14(19)11-7-13(16-2)17-8-12(11)15/h7-8,10H,3-6,9H2,1-2H3,(H,16,17). The van der Waals surface area contributed by atoms with Crippen molar-refractivity contribution in [3.63, 3.8) is 0 Å². The minimum atomic E-state index is 0.0162. The number of rotatable bonds is 4. The monoisotopic (exact) mass is 281 g/mol. The molecular weight excluding hydrogens is 262 g/mol. The molecule has 1 saturated heterocycles. The van der Waals surface area contributed by atoms with Gasteiger partial charge in [-0.25, -0.2) is 4.98 Å². The summed E-state index contributed by atoms with van der Waals surface area (Å²) in [7, 11) is 1.78. The van der Waals surface area contributed by atoms with Crippen LogP contribution in [0, 0.1) is 5.92 Å². The molecule has 1 aliphatic heterocycles. The summed E-state index contributed by atoms with van der Waals surface area (Å²) in [5.74, 6) is 1.32. The van der Waals surface area contributed by atoms with Gasteiger partial charge in [-0.1, -0.05) is 24.9 Å². The second kappa shape index (κ2) is 6.24. The zero-order valence-electron chi connectivity index (χ0n) is 11.4. The van der Waals surface area contributed by atoms with Gasteiger partial charge in [-0.05, 0) is 24.8 Å². The Morgan fingerprint density at radius 1 is 1.63 bits per heavy atom. The molecule has 0 radical (unpaired) electrons. The molecule has 19 heavy (non-hydrogen) atoms. The Morgan fingerprint density at radius 3 is 3.11 bits per heavy atom. The van der Waals surface area contributed by atoms with Crippen LogP contribution in [0.25, 0.3) is 0 Å². The highest BCUT2D eigenvalue weighted by Gasteiger charge is 2.27. The molecule has 0 aliphatic carbocycles. The minimum Gasteiger partial charge on any atom is -0.373 e. The average molecular weight is 282 g/mol. The maximum absolute atomic E-state index is 12.5. The number of pyridine rings is 1. The maximum atomic E-state index is 12.5. The first-order valence-electron chi connectivity index (χ1n) is 6.78. The summed E-state index contributed by atoms with van der Waals surface area (Å²) in [5, 5.41) is 3.35. The molecule has 1 aliphatic rings. The van der Waals surface area contributed by atoms with E-state index in [1.54, 1.807) is 13.1 Å². The zero-order chi connectivity index (χ0) is 13.8. The SMILES string of the molecule is CCCC1CCN(C(=O)c2cc(NC)ncc2Cl)C1. The molecule has 2 heterocycles. The van der Waals surface area contributed by atoms with E-state index in [2.05, 4.69) is 17.2 Å². The van der Waals surface area contributed by atoms with Crippen molar-refractivity contribution in [1.82, 2.24) is 9.88 Å². The van der Waals surface area contributed by atoms with E-state index in [-0.39, 0.29) is 5.91 Å². The van der Waals surface area contributed by atoms with Gasteiger partial charge in [0.2, 0.25) is 0 Å². The van der Waals surface area contributed by atoms with E-state index < -0.39 is 0 Å². The molecule has 2 rings (SSSR count). The van der Waals surface area contributed by atoms with Gasteiger partial charge < -0.3 is 10.2 Å². The molecule has 1 fully saturated rings. The van der Waals surface area contributed by atoms with Crippen molar-refractivity contribution in [3.05, 3.63) is 22.8 Å². The molecule has 0 saturated carbocycles. The third-order valence-electron chi connectivity index (χ3n) is 3.61. The summed E-state index contributed by atoms with van der Waals surface area (Å²) < 4.78 is 0. The van der Waals surface area contributed by atoms with Gasteiger partial charge in [0.1, 0.15) is 5.82 Å². The highest BCUT2D eigenvalue weighted by Crippen LogP contribution is 2.25. The number of halogens is 1. The van der Waals surface area contributed by atoms with E-state index in [0.717, 1.165) is 19.5 Å². The molecule has 1 unspecified atom stereocenters. The largest absolute Gasteiger partial charge is 0.373 e. The Hall–Kier alpha value is -1.29. The molecule has 4 nitrogen and oxygen atoms in total. The predicted molar refractivity (Wildman–Crippen MR) is 77.7 cm³/mol. The van der Waals surface area contributed by atoms with Crippen molar-refractivity contribution in [2.24, 2.45) is 5.92 Å². The lowest BCUT2D eigenvalue weighted by molar-refractivity contribution is 0.0786. The fourth-order valence-electron chi connectivity index (χ4n) is 2.57. The smallest absolute Gasteiger partial charge is 0.255 e. The Kier molecular flexibility index (Phi) is 4.64. The van der Waals surface area contributed by atoms with Crippen LogP contribution in [0.5, 0.6) is 0 Å². The number of aromatic nitrogens is 1. The topological polar surface area (TPSA) is 45.2 Å². The zero-order valence-corrected chi connectivity index (χ0v) is 12.2. The molecule has 1 aromatic heterocycles. The first-order valence-corrected chi connectivity index (χ1v) is 7.16. The lowest BCUT2D eigenvalue weighted by atomic mass is 10.0. The van der Waals surface area contributed by atoms with Gasteiger partial charge in [-0.3, -0.25) is 4.79 Å². The van der Waals surface area contributed by atoms with Crippen LogP contribution in [0.3, 0.4) is 0 Å². The van der Waals surface area contributed by atoms with Crippen molar-refractivity contribution in [2.45, 2.75) is 26.2 Å². The first-order chi connectivity index (χ1) is 9.15. The van der Waals surface area contributed by atoms with Crippen LogP contribution in [-0.2, 0) is 0 Å². The number of carbonyl (C=O) groups excluding carboxylic acids is 1. The van der Waals surface area contributed by atoms with Gasteiger partial charge in [-0.2, -0.15) is 0 Å². The number of likely N-dealkylation sites (tertiary alicyclic amines) is 1. The predicted octanol–water partition coefficient (Wildman–Crippen LogP) is 3.04. The Balaban J connectivity index is 2.12. The lowest BCUT2D eigenvalue weighted by Crippen LogP contribution is -2.29. The Morgan fingerprint density at radius 2 is 2.42 bits per heavy atom. The second-order valence-electron chi connectivity index (χ2n) is 4.99. The second-order valence-corrected chi connectivity index (χ2v) is 5.40. The summed E-state index contributed by atoms with van der Waals surface area (Å²) >= 11 is 6.09. The van der Waals surface area contributed by atoms with E-state index in [0.29, 0.717) is 22.3 Å². The van der Waals surface area contributed by atoms with Crippen LogP contribution in [0.2, 0.25) is 5.02 Å². The van der Waals surface area contributed by atoms with Crippen molar-refractivity contribution in [2.75, 3.05) is 25.5 Å². The number of nitrogens with one attached hydrogen (secondary N) is 1. The third kappa shape index (κ3) is 3.18. The molecule has 0 aromatic carbocycles. The van der Waals surface area contributed by atoms with Crippen LogP contribution >= 0.6 is 11.6 Å². The number of hydrogen-bond acceptors (Lipinski definition) is 3. The fourth-order valence-corrected chi connectivity index (χ4v) is 2.75. The van der Waals surface area contributed by atoms with Gasteiger partial charge in [0.25, 0.3) is 5.91 Å². The molecule has 1 N–H and O–H groups in total. The van der Waals surface area contributed by atoms with Crippen molar-refractivity contribution >= 4 is 23.3 Å². The Bertz CT molecular complexity index is 464. The van der Waals surface area contributed by atoms with Crippen molar-refractivity contribution in [3.8, 4) is 0 Å². The highest BCUT2D eigenvalue weighted by molar-refractivity contribution is 6.33. The molecule has 0 bridgehead atoms. The number of nitrogens with zero attached hydrogens (tertiary/aromatic N) is 2. The van der Waals surface area contributed by atoms with Crippen LogP contribution in [-0.4, -0.2) is 35.9 Å². The van der Waals surface area contributed by atoms with E-state index in [1.165, 1.54) is 19.0 Å². The lowest BCUT2D eigenvalue weighted by Gasteiger charge is -2.17. The van der Waals surface area contributed by atoms with Gasteiger partial charge >= 0.3 is 0 Å². The quantitative estimate of drug-likeness (QED) is 0.923. The van der Waals surface area contributed by atoms with Crippen molar-refractivity contribution < 1.29 is 4.79 Å². The van der Waals surface area contributed by atoms with Gasteiger partial charge in [-0.15, -0.1) is 0 Å². The average Bonchev–Trinajstić information content (AvgIpc) is 2.88. The number of amides is 1. The molecule has 0 spiro atoms. The van der Waals surface area contributed by atoms with E-state index in [1.807, 2.05) is 4.90 Å². The van der Waals surface area contributed by atoms with E-state index in [9.17, 15) is 4.79 Å². The molecule has 1 atom stereocenters. The molecular formula is C14H20ClN3O. The maximum Gasteiger partial charge on any atom is 0.255 e. The molecule has 5 heteroatoms. The summed E-state index contributed by atoms with van der Waals surface area (Å²) in [5.41, 5.74) is 0.540. The number of anilines is 1. The summed E-state index contributed by atoms with van der Waals surface area (Å²) in [6.45, 7) is 3.86. The summed E-state index contributed by atoms with van der Waals surface area (Å²) in [4.78, 5) is 18.5. The van der Waals surface area contributed by atoms with E-state index in [4.69, 9.17) is 11.6 Å². The van der Waals surface area contributed by atoms with Crippen LogP contribution in [0.4, 0.5) is 5.82 Å². The highest BCUT2D eigenvalue weighted by atomic mass is 35.5. The molecule has 104 valence electrons. The summed E-state index contributed by atoms with van der Waals surface area (Å²) in [6, 6.07) is 1.72. The number of hydrogen-bond donors (Lipinski definition) is 1. The fraction of sp³-hybridized carbons (Fsp3) is 0.571. The Labute approximate surface area is 119 Å². The summed E-state index contributed by atoms with van der Waals surface area (Å²) in [6.07, 6.45) is 4.99. The number of carbonyl (C=O) groups is 1. The van der Waals surface area contributed by atoms with E-state index >= 15 is 0 Å². The van der Waals surface area contributed by atoms with Gasteiger partial charge in [0, 0.05) is 26.3 Å². The normalized spacial score (nSPS) is 18.7.